The first kappa shape index (κ1) is 26.8. The molecule has 7 nitrogen and oxygen atoms in total. The summed E-state index contributed by atoms with van der Waals surface area (Å²) >= 11 is 12.5. The number of halogens is 5. The van der Waals surface area contributed by atoms with Gasteiger partial charge in [0, 0.05) is 31.9 Å². The molecule has 1 unspecified atom stereocenters. The topological polar surface area (TPSA) is 96.9 Å². The van der Waals surface area contributed by atoms with Gasteiger partial charge in [-0.25, -0.2) is 8.99 Å². The Bertz CT molecular complexity index is 1580. The minimum Gasteiger partial charge on any atom is -0.406 e. The van der Waals surface area contributed by atoms with Crippen molar-refractivity contribution in [2.24, 2.45) is 4.99 Å². The smallest absolute Gasteiger partial charge is 0.406 e. The molecular formula is C25H20Cl2F3N3O4S. The Kier molecular flexibility index (Phi) is 7.08. The number of ether oxygens (including phenoxy) is 2. The van der Waals surface area contributed by atoms with Crippen LogP contribution in [0, 0.1) is 4.78 Å². The summed E-state index contributed by atoms with van der Waals surface area (Å²) in [6.07, 6.45) is -5.93. The first-order chi connectivity index (χ1) is 17.9. The van der Waals surface area contributed by atoms with Gasteiger partial charge in [0.05, 0.1) is 29.7 Å². The van der Waals surface area contributed by atoms with Crippen LogP contribution < -0.4 is 4.74 Å². The molecule has 0 radical (unpaired) electrons. The minimum atomic E-state index is -4.87. The molecule has 1 fully saturated rings. The Hall–Kier alpha value is -2.83. The molecule has 0 saturated carbocycles. The molecule has 2 heterocycles. The maximum absolute atomic E-state index is 13.0. The quantitative estimate of drug-likeness (QED) is 0.208. The van der Waals surface area contributed by atoms with Crippen molar-refractivity contribution in [3.8, 4) is 5.75 Å². The first-order valence-electron chi connectivity index (χ1n) is 11.3. The highest BCUT2D eigenvalue weighted by Crippen LogP contribution is 2.37. The van der Waals surface area contributed by atoms with Crippen molar-refractivity contribution in [1.82, 2.24) is 4.57 Å². The number of aromatic nitrogens is 1. The van der Waals surface area contributed by atoms with Gasteiger partial charge >= 0.3 is 6.36 Å². The molecule has 200 valence electrons. The number of aliphatic imine (C=N–C) groups is 1. The summed E-state index contributed by atoms with van der Waals surface area (Å²) in [5.74, 6) is -0.499. The Balaban J connectivity index is 1.44. The van der Waals surface area contributed by atoms with Gasteiger partial charge in [-0.15, -0.1) is 13.2 Å². The fraction of sp³-hybridized carbons (Fsp3) is 0.240. The van der Waals surface area contributed by atoms with E-state index in [1.165, 1.54) is 0 Å². The SMILES string of the molecule is N=S(=O)(C=N[C@@H]1COC[C@H](n2c3ccc(Cl)cc3c3cc(Cl)ccc32)[C@H]1O)c1ccc(OC(F)(F)F)cc1. The highest BCUT2D eigenvalue weighted by atomic mass is 35.5. The van der Waals surface area contributed by atoms with Gasteiger partial charge in [-0.2, -0.15) is 0 Å². The molecule has 38 heavy (non-hydrogen) atoms. The fourth-order valence-electron chi connectivity index (χ4n) is 4.55. The number of rotatable bonds is 5. The number of aliphatic hydroxyl groups is 1. The molecule has 1 saturated heterocycles. The van der Waals surface area contributed by atoms with Crippen LogP contribution in [0.1, 0.15) is 6.04 Å². The monoisotopic (exact) mass is 585 g/mol. The van der Waals surface area contributed by atoms with E-state index >= 15 is 0 Å². The Morgan fingerprint density at radius 2 is 1.61 bits per heavy atom. The zero-order valence-corrected chi connectivity index (χ0v) is 21.7. The van der Waals surface area contributed by atoms with Gasteiger partial charge in [-0.05, 0) is 60.7 Å². The molecule has 0 bridgehead atoms. The maximum atomic E-state index is 13.0. The number of benzene rings is 3. The van der Waals surface area contributed by atoms with Crippen LogP contribution in [0.2, 0.25) is 10.0 Å². The predicted molar refractivity (Wildman–Crippen MR) is 140 cm³/mol. The van der Waals surface area contributed by atoms with Crippen LogP contribution in [0.5, 0.6) is 5.75 Å². The van der Waals surface area contributed by atoms with Gasteiger partial charge in [-0.3, -0.25) is 4.99 Å². The van der Waals surface area contributed by atoms with Gasteiger partial charge in [0.15, 0.2) is 0 Å². The second-order valence-corrected chi connectivity index (χ2v) is 11.5. The Morgan fingerprint density at radius 3 is 2.16 bits per heavy atom. The largest absolute Gasteiger partial charge is 0.573 e. The van der Waals surface area contributed by atoms with Gasteiger partial charge in [0.1, 0.15) is 27.6 Å². The predicted octanol–water partition coefficient (Wildman–Crippen LogP) is 6.43. The third-order valence-corrected chi connectivity index (χ3v) is 8.09. The van der Waals surface area contributed by atoms with Crippen molar-refractivity contribution < 1.29 is 32.0 Å². The van der Waals surface area contributed by atoms with E-state index in [9.17, 15) is 22.5 Å². The van der Waals surface area contributed by atoms with E-state index in [0.717, 1.165) is 51.6 Å². The van der Waals surface area contributed by atoms with Crippen LogP contribution in [0.25, 0.3) is 21.8 Å². The van der Waals surface area contributed by atoms with Crippen molar-refractivity contribution in [2.75, 3.05) is 13.2 Å². The molecule has 3 aromatic carbocycles. The average molecular weight is 586 g/mol. The lowest BCUT2D eigenvalue weighted by Gasteiger charge is -2.34. The second-order valence-electron chi connectivity index (χ2n) is 8.73. The summed E-state index contributed by atoms with van der Waals surface area (Å²) in [4.78, 5) is 4.15. The summed E-state index contributed by atoms with van der Waals surface area (Å²) in [5, 5.41) is 14.1. The zero-order valence-electron chi connectivity index (χ0n) is 19.4. The first-order valence-corrected chi connectivity index (χ1v) is 13.6. The lowest BCUT2D eigenvalue weighted by atomic mass is 10.0. The average Bonchev–Trinajstić information content (AvgIpc) is 3.15. The van der Waals surface area contributed by atoms with Crippen LogP contribution in [0.15, 0.2) is 70.6 Å². The van der Waals surface area contributed by atoms with Gasteiger partial charge in [0.25, 0.3) is 0 Å². The van der Waals surface area contributed by atoms with E-state index in [4.69, 9.17) is 32.7 Å². The number of alkyl halides is 3. The summed E-state index contributed by atoms with van der Waals surface area (Å²) < 4.78 is 69.8. The molecule has 1 aromatic heterocycles. The number of nitrogens with zero attached hydrogens (tertiary/aromatic N) is 2. The third kappa shape index (κ3) is 5.34. The molecule has 5 rings (SSSR count). The highest BCUT2D eigenvalue weighted by molar-refractivity contribution is 8.05. The third-order valence-electron chi connectivity index (χ3n) is 6.23. The fourth-order valence-corrected chi connectivity index (χ4v) is 5.88. The van der Waals surface area contributed by atoms with E-state index < -0.39 is 40.0 Å². The highest BCUT2D eigenvalue weighted by Gasteiger charge is 2.35. The number of fused-ring (bicyclic) bond motifs is 3. The minimum absolute atomic E-state index is 0.0246. The lowest BCUT2D eigenvalue weighted by Crippen LogP contribution is -2.44. The van der Waals surface area contributed by atoms with Crippen molar-refractivity contribution >= 4 is 60.3 Å². The van der Waals surface area contributed by atoms with Gasteiger partial charge in [-0.1, -0.05) is 23.2 Å². The number of hydrogen-bond donors (Lipinski definition) is 2. The summed E-state index contributed by atoms with van der Waals surface area (Å²) in [6, 6.07) is 13.5. The number of nitrogens with one attached hydrogen (secondary N) is 1. The van der Waals surface area contributed by atoms with Crippen molar-refractivity contribution in [2.45, 2.75) is 29.4 Å². The van der Waals surface area contributed by atoms with Crippen molar-refractivity contribution in [1.29, 1.82) is 4.78 Å². The normalized spacial score (nSPS) is 22.2. The molecule has 2 N–H and O–H groups in total. The van der Waals surface area contributed by atoms with E-state index in [0.29, 0.717) is 10.0 Å². The molecule has 0 spiro atoms. The molecule has 4 aromatic rings. The summed E-state index contributed by atoms with van der Waals surface area (Å²) in [5.41, 5.74) is 2.50. The number of hydrogen-bond acceptors (Lipinski definition) is 6. The molecule has 1 aliphatic rings. The number of aliphatic hydroxyl groups excluding tert-OH is 1. The van der Waals surface area contributed by atoms with Crippen LogP contribution >= 0.6 is 23.2 Å². The molecule has 1 aliphatic heterocycles. The van der Waals surface area contributed by atoms with Crippen LogP contribution in [-0.4, -0.2) is 51.2 Å². The van der Waals surface area contributed by atoms with E-state index in [-0.39, 0.29) is 18.1 Å². The second kappa shape index (κ2) is 10.0. The van der Waals surface area contributed by atoms with Gasteiger partial charge in [0.2, 0.25) is 0 Å². The van der Waals surface area contributed by atoms with E-state index in [1.54, 1.807) is 12.1 Å². The zero-order chi connectivity index (χ0) is 27.2. The van der Waals surface area contributed by atoms with E-state index in [2.05, 4.69) is 9.73 Å². The van der Waals surface area contributed by atoms with Crippen LogP contribution in [0.4, 0.5) is 13.2 Å². The molecule has 0 amide bonds. The van der Waals surface area contributed by atoms with Crippen LogP contribution in [-0.2, 0) is 14.5 Å². The summed E-state index contributed by atoms with van der Waals surface area (Å²) in [7, 11) is -3.62. The van der Waals surface area contributed by atoms with Crippen molar-refractivity contribution in [3.63, 3.8) is 0 Å². The van der Waals surface area contributed by atoms with E-state index in [1.807, 2.05) is 28.8 Å². The molecule has 13 heteroatoms. The molecule has 4 atom stereocenters. The summed E-state index contributed by atoms with van der Waals surface area (Å²) in [6.45, 7) is 0.199. The molecular weight excluding hydrogens is 566 g/mol. The Morgan fingerprint density at radius 1 is 1.03 bits per heavy atom. The van der Waals surface area contributed by atoms with Crippen molar-refractivity contribution in [3.05, 3.63) is 70.7 Å². The molecule has 0 aliphatic carbocycles. The Labute approximate surface area is 225 Å². The van der Waals surface area contributed by atoms with Gasteiger partial charge < -0.3 is 19.1 Å². The maximum Gasteiger partial charge on any atom is 0.573 e. The standard InChI is InChI=1S/C25H20Cl2F3N3O4S/c26-14-1-7-21-18(9-14)19-10-15(27)2-8-22(19)33(21)23-12-36-11-20(24(23)34)32-13-38(31,35)17-5-3-16(4-6-17)37-25(28,29)30/h1-10,13,20,23-24,31,34H,11-12H2/t20-,23+,24+,38?/m1/s1. The van der Waals surface area contributed by atoms with Crippen LogP contribution in [0.3, 0.4) is 0 Å². The lowest BCUT2D eigenvalue weighted by molar-refractivity contribution is -0.274.